The number of hydrogen-bond acceptors (Lipinski definition) is 3. The lowest BCUT2D eigenvalue weighted by Crippen LogP contribution is -2.37. The SMILES string of the molecule is O=C1CCNC[C@@H]2C[C@H](c3c(O)ccc(Cl)c3Cl)CN12. The minimum Gasteiger partial charge on any atom is -0.508 e. The molecular weight excluding hydrogens is 299 g/mol. The van der Waals surface area contributed by atoms with Crippen LogP contribution in [0.4, 0.5) is 0 Å². The van der Waals surface area contributed by atoms with Crippen molar-refractivity contribution in [2.45, 2.75) is 24.8 Å². The molecule has 0 aliphatic carbocycles. The number of phenols is 1. The van der Waals surface area contributed by atoms with Crippen molar-refractivity contribution in [1.29, 1.82) is 0 Å². The van der Waals surface area contributed by atoms with Crippen LogP contribution in [-0.4, -0.2) is 41.6 Å². The normalized spacial score (nSPS) is 26.5. The highest BCUT2D eigenvalue weighted by Crippen LogP contribution is 2.43. The summed E-state index contributed by atoms with van der Waals surface area (Å²) in [7, 11) is 0. The Morgan fingerprint density at radius 3 is 2.95 bits per heavy atom. The van der Waals surface area contributed by atoms with Crippen LogP contribution < -0.4 is 5.32 Å². The summed E-state index contributed by atoms with van der Waals surface area (Å²) in [5.74, 6) is 0.359. The van der Waals surface area contributed by atoms with Crippen LogP contribution in [0.3, 0.4) is 0 Å². The number of halogens is 2. The lowest BCUT2D eigenvalue weighted by Gasteiger charge is -2.21. The van der Waals surface area contributed by atoms with Gasteiger partial charge in [0.2, 0.25) is 5.91 Å². The van der Waals surface area contributed by atoms with E-state index in [-0.39, 0.29) is 23.6 Å². The molecule has 2 N–H and O–H groups in total. The summed E-state index contributed by atoms with van der Waals surface area (Å²) in [6, 6.07) is 3.32. The molecule has 0 bridgehead atoms. The van der Waals surface area contributed by atoms with Gasteiger partial charge in [0.15, 0.2) is 0 Å². The average molecular weight is 315 g/mol. The molecule has 0 radical (unpaired) electrons. The lowest BCUT2D eigenvalue weighted by molar-refractivity contribution is -0.131. The lowest BCUT2D eigenvalue weighted by atomic mass is 9.95. The van der Waals surface area contributed by atoms with E-state index in [2.05, 4.69) is 5.32 Å². The monoisotopic (exact) mass is 314 g/mol. The number of carbonyl (C=O) groups excluding carboxylic acids is 1. The standard InChI is InChI=1S/C14H16Cl2N2O2/c15-10-1-2-11(19)13(14(10)16)8-5-9-6-17-4-3-12(20)18(9)7-8/h1-2,8-9,17,19H,3-7H2/t8-,9-/m0/s1. The predicted octanol–water partition coefficient (Wildman–Crippen LogP) is 2.38. The van der Waals surface area contributed by atoms with Gasteiger partial charge in [-0.15, -0.1) is 0 Å². The van der Waals surface area contributed by atoms with Crippen molar-refractivity contribution in [3.63, 3.8) is 0 Å². The summed E-state index contributed by atoms with van der Waals surface area (Å²) in [5, 5.41) is 14.2. The van der Waals surface area contributed by atoms with Crippen LogP contribution in [0.1, 0.15) is 24.3 Å². The van der Waals surface area contributed by atoms with Crippen molar-refractivity contribution in [2.75, 3.05) is 19.6 Å². The Morgan fingerprint density at radius 2 is 2.15 bits per heavy atom. The van der Waals surface area contributed by atoms with E-state index in [0.29, 0.717) is 28.6 Å². The molecule has 2 aliphatic heterocycles. The minimum absolute atomic E-state index is 0.0371. The Morgan fingerprint density at radius 1 is 1.35 bits per heavy atom. The molecule has 3 rings (SSSR count). The largest absolute Gasteiger partial charge is 0.508 e. The van der Waals surface area contributed by atoms with Crippen molar-refractivity contribution >= 4 is 29.1 Å². The molecule has 2 atom stereocenters. The molecule has 20 heavy (non-hydrogen) atoms. The van der Waals surface area contributed by atoms with Crippen LogP contribution in [0.5, 0.6) is 5.75 Å². The topological polar surface area (TPSA) is 52.6 Å². The van der Waals surface area contributed by atoms with Crippen molar-refractivity contribution in [2.24, 2.45) is 0 Å². The molecule has 0 spiro atoms. The van der Waals surface area contributed by atoms with Crippen molar-refractivity contribution in [3.8, 4) is 5.75 Å². The fourth-order valence-corrected chi connectivity index (χ4v) is 3.66. The zero-order chi connectivity index (χ0) is 14.3. The van der Waals surface area contributed by atoms with Gasteiger partial charge in [0, 0.05) is 43.6 Å². The summed E-state index contributed by atoms with van der Waals surface area (Å²) in [6.45, 7) is 2.12. The van der Waals surface area contributed by atoms with Gasteiger partial charge in [-0.2, -0.15) is 0 Å². The summed E-state index contributed by atoms with van der Waals surface area (Å²) in [4.78, 5) is 14.0. The maximum atomic E-state index is 12.1. The van der Waals surface area contributed by atoms with Crippen LogP contribution in [0, 0.1) is 0 Å². The Bertz CT molecular complexity index is 550. The highest BCUT2D eigenvalue weighted by molar-refractivity contribution is 6.42. The van der Waals surface area contributed by atoms with E-state index >= 15 is 0 Å². The molecule has 1 amide bonds. The molecule has 2 aliphatic rings. The second-order valence-electron chi connectivity index (χ2n) is 5.38. The third-order valence-corrected chi connectivity index (χ3v) is 4.97. The predicted molar refractivity (Wildman–Crippen MR) is 78.5 cm³/mol. The van der Waals surface area contributed by atoms with E-state index in [9.17, 15) is 9.90 Å². The minimum atomic E-state index is 0.0371. The third-order valence-electron chi connectivity index (χ3n) is 4.15. The van der Waals surface area contributed by atoms with E-state index in [1.165, 1.54) is 0 Å². The van der Waals surface area contributed by atoms with Gasteiger partial charge in [-0.25, -0.2) is 0 Å². The van der Waals surface area contributed by atoms with E-state index in [1.54, 1.807) is 12.1 Å². The van der Waals surface area contributed by atoms with Gasteiger partial charge in [0.25, 0.3) is 0 Å². The molecule has 6 heteroatoms. The maximum absolute atomic E-state index is 12.1. The Balaban J connectivity index is 1.91. The highest BCUT2D eigenvalue weighted by atomic mass is 35.5. The van der Waals surface area contributed by atoms with Crippen LogP contribution in [-0.2, 0) is 4.79 Å². The number of nitrogens with one attached hydrogen (secondary N) is 1. The number of aromatic hydroxyl groups is 1. The Kier molecular flexibility index (Phi) is 3.80. The summed E-state index contributed by atoms with van der Waals surface area (Å²) >= 11 is 12.3. The van der Waals surface area contributed by atoms with Gasteiger partial charge in [-0.3, -0.25) is 4.79 Å². The summed E-state index contributed by atoms with van der Waals surface area (Å²) < 4.78 is 0. The fraction of sp³-hybridized carbons (Fsp3) is 0.500. The number of phenolic OH excluding ortho intramolecular Hbond substituents is 1. The number of hydrogen-bond donors (Lipinski definition) is 2. The van der Waals surface area contributed by atoms with Gasteiger partial charge in [-0.1, -0.05) is 23.2 Å². The molecule has 2 fully saturated rings. The number of carbonyl (C=O) groups is 1. The van der Waals surface area contributed by atoms with Crippen LogP contribution in [0.25, 0.3) is 0 Å². The summed E-state index contributed by atoms with van der Waals surface area (Å²) in [6.07, 6.45) is 1.32. The third kappa shape index (κ3) is 2.36. The molecular formula is C14H16Cl2N2O2. The first kappa shape index (κ1) is 14.0. The second-order valence-corrected chi connectivity index (χ2v) is 6.17. The number of nitrogens with zero attached hydrogens (tertiary/aromatic N) is 1. The van der Waals surface area contributed by atoms with Gasteiger partial charge < -0.3 is 15.3 Å². The molecule has 0 saturated carbocycles. The highest BCUT2D eigenvalue weighted by Gasteiger charge is 2.38. The molecule has 108 valence electrons. The first-order valence-electron chi connectivity index (χ1n) is 6.75. The smallest absolute Gasteiger partial charge is 0.224 e. The van der Waals surface area contributed by atoms with Crippen molar-refractivity contribution in [1.82, 2.24) is 10.2 Å². The van der Waals surface area contributed by atoms with Crippen molar-refractivity contribution < 1.29 is 9.90 Å². The number of amides is 1. The number of fused-ring (bicyclic) bond motifs is 1. The molecule has 1 aromatic rings. The second kappa shape index (κ2) is 5.43. The zero-order valence-electron chi connectivity index (χ0n) is 10.9. The van der Waals surface area contributed by atoms with E-state index in [1.807, 2.05) is 4.90 Å². The first-order valence-corrected chi connectivity index (χ1v) is 7.50. The number of benzene rings is 1. The van der Waals surface area contributed by atoms with Crippen molar-refractivity contribution in [3.05, 3.63) is 27.7 Å². The molecule has 1 aromatic carbocycles. The first-order chi connectivity index (χ1) is 9.58. The maximum Gasteiger partial charge on any atom is 0.224 e. The molecule has 2 heterocycles. The molecule has 4 nitrogen and oxygen atoms in total. The fourth-order valence-electron chi connectivity index (χ4n) is 3.18. The van der Waals surface area contributed by atoms with Crippen LogP contribution in [0.2, 0.25) is 10.0 Å². The number of rotatable bonds is 1. The Hall–Kier alpha value is -0.970. The Labute approximate surface area is 127 Å². The average Bonchev–Trinajstić information content (AvgIpc) is 2.76. The van der Waals surface area contributed by atoms with E-state index < -0.39 is 0 Å². The molecule has 0 aromatic heterocycles. The summed E-state index contributed by atoms with van der Waals surface area (Å²) in [5.41, 5.74) is 0.667. The van der Waals surface area contributed by atoms with Gasteiger partial charge in [-0.05, 0) is 18.6 Å². The zero-order valence-corrected chi connectivity index (χ0v) is 12.4. The van der Waals surface area contributed by atoms with E-state index in [4.69, 9.17) is 23.2 Å². The van der Waals surface area contributed by atoms with Gasteiger partial charge >= 0.3 is 0 Å². The van der Waals surface area contributed by atoms with Crippen LogP contribution in [0.15, 0.2) is 12.1 Å². The van der Waals surface area contributed by atoms with E-state index in [0.717, 1.165) is 19.5 Å². The van der Waals surface area contributed by atoms with Gasteiger partial charge in [0.1, 0.15) is 5.75 Å². The molecule has 2 saturated heterocycles. The quantitative estimate of drug-likeness (QED) is 0.836. The van der Waals surface area contributed by atoms with Crippen LogP contribution >= 0.6 is 23.2 Å². The van der Waals surface area contributed by atoms with Gasteiger partial charge in [0.05, 0.1) is 10.0 Å². The molecule has 0 unspecified atom stereocenters.